The van der Waals surface area contributed by atoms with Crippen LogP contribution >= 0.6 is 11.5 Å². The molecular weight excluding hydrogens is 250 g/mol. The van der Waals surface area contributed by atoms with Crippen molar-refractivity contribution >= 4 is 22.7 Å². The minimum atomic E-state index is 0.585. The zero-order valence-corrected chi connectivity index (χ0v) is 10.8. The van der Waals surface area contributed by atoms with Gasteiger partial charge in [-0.2, -0.15) is 4.98 Å². The van der Waals surface area contributed by atoms with Gasteiger partial charge in [-0.3, -0.25) is 0 Å². The zero-order chi connectivity index (χ0) is 12.5. The highest BCUT2D eigenvalue weighted by Gasteiger charge is 2.12. The maximum absolute atomic E-state index is 5.35. The molecule has 0 aromatic carbocycles. The fraction of sp³-hybridized carbons (Fsp3) is 0.273. The second kappa shape index (κ2) is 4.34. The number of pyridine rings is 1. The summed E-state index contributed by atoms with van der Waals surface area (Å²) in [6.07, 6.45) is 0. The summed E-state index contributed by atoms with van der Waals surface area (Å²) in [6.45, 7) is 4.42. The molecule has 3 heterocycles. The van der Waals surface area contributed by atoms with Crippen LogP contribution in [-0.2, 0) is 0 Å². The number of hydrogen-bond donors (Lipinski definition) is 1. The van der Waals surface area contributed by atoms with Gasteiger partial charge in [-0.05, 0) is 31.4 Å². The van der Waals surface area contributed by atoms with Crippen molar-refractivity contribution in [2.24, 2.45) is 0 Å². The first kappa shape index (κ1) is 11.1. The van der Waals surface area contributed by atoms with Crippen LogP contribution in [0, 0.1) is 6.92 Å². The van der Waals surface area contributed by atoms with Crippen LogP contribution < -0.4 is 4.74 Å². The van der Waals surface area contributed by atoms with Gasteiger partial charge in [-0.15, -0.1) is 5.10 Å². The number of ether oxygens (including phenoxy) is 1. The molecule has 0 saturated carbocycles. The summed E-state index contributed by atoms with van der Waals surface area (Å²) in [4.78, 5) is 12.9. The fourth-order valence-corrected chi connectivity index (χ4v) is 2.26. The van der Waals surface area contributed by atoms with Gasteiger partial charge in [-0.1, -0.05) is 4.49 Å². The van der Waals surface area contributed by atoms with Crippen molar-refractivity contribution in [3.63, 3.8) is 0 Å². The van der Waals surface area contributed by atoms with Gasteiger partial charge in [0.05, 0.1) is 17.8 Å². The Labute approximate surface area is 107 Å². The molecule has 0 bridgehead atoms. The van der Waals surface area contributed by atoms with Gasteiger partial charge in [0, 0.05) is 6.07 Å². The molecule has 0 fully saturated rings. The van der Waals surface area contributed by atoms with Crippen molar-refractivity contribution < 1.29 is 4.74 Å². The van der Waals surface area contributed by atoms with Crippen LogP contribution in [0.3, 0.4) is 0 Å². The van der Waals surface area contributed by atoms with E-state index in [1.165, 1.54) is 11.5 Å². The third kappa shape index (κ3) is 1.82. The molecule has 3 rings (SSSR count). The molecule has 0 atom stereocenters. The molecule has 3 aromatic heterocycles. The molecule has 18 heavy (non-hydrogen) atoms. The number of aryl methyl sites for hydroxylation is 1. The lowest BCUT2D eigenvalue weighted by Crippen LogP contribution is -1.93. The molecule has 92 valence electrons. The third-order valence-electron chi connectivity index (χ3n) is 2.48. The molecule has 0 amide bonds. The van der Waals surface area contributed by atoms with E-state index < -0.39 is 0 Å². The number of nitrogens with one attached hydrogen (secondary N) is 1. The van der Waals surface area contributed by atoms with E-state index in [0.717, 1.165) is 21.9 Å². The monoisotopic (exact) mass is 261 g/mol. The number of aromatic amines is 1. The molecular formula is C11H11N5OS. The van der Waals surface area contributed by atoms with E-state index in [1.807, 2.05) is 26.0 Å². The number of hydrogen-bond acceptors (Lipinski definition) is 6. The molecule has 6 nitrogen and oxygen atoms in total. The predicted molar refractivity (Wildman–Crippen MR) is 68.7 cm³/mol. The Balaban J connectivity index is 2.08. The van der Waals surface area contributed by atoms with E-state index in [-0.39, 0.29) is 0 Å². The van der Waals surface area contributed by atoms with Gasteiger partial charge in [0.1, 0.15) is 4.88 Å². The first-order valence-electron chi connectivity index (χ1n) is 5.57. The normalized spacial score (nSPS) is 11.0. The van der Waals surface area contributed by atoms with E-state index in [2.05, 4.69) is 24.5 Å². The molecule has 0 spiro atoms. The van der Waals surface area contributed by atoms with Crippen LogP contribution in [0.2, 0.25) is 0 Å². The SMILES string of the molecule is CCOc1ccc2[nH]c(-c3snnc3C)nc2n1. The number of H-pyrrole nitrogens is 1. The largest absolute Gasteiger partial charge is 0.478 e. The predicted octanol–water partition coefficient (Wildman–Crippen LogP) is 2.18. The highest BCUT2D eigenvalue weighted by Crippen LogP contribution is 2.25. The Bertz CT molecular complexity index is 690. The van der Waals surface area contributed by atoms with Gasteiger partial charge in [0.15, 0.2) is 11.5 Å². The lowest BCUT2D eigenvalue weighted by molar-refractivity contribution is 0.328. The van der Waals surface area contributed by atoms with E-state index in [9.17, 15) is 0 Å². The summed E-state index contributed by atoms with van der Waals surface area (Å²) in [7, 11) is 0. The van der Waals surface area contributed by atoms with Crippen molar-refractivity contribution in [2.45, 2.75) is 13.8 Å². The average Bonchev–Trinajstić information content (AvgIpc) is 2.94. The quantitative estimate of drug-likeness (QED) is 0.782. The van der Waals surface area contributed by atoms with Gasteiger partial charge in [0.25, 0.3) is 0 Å². The van der Waals surface area contributed by atoms with Crippen molar-refractivity contribution in [3.8, 4) is 16.6 Å². The van der Waals surface area contributed by atoms with Gasteiger partial charge >= 0.3 is 0 Å². The van der Waals surface area contributed by atoms with Crippen LogP contribution in [-0.4, -0.2) is 31.1 Å². The Morgan fingerprint density at radius 1 is 1.33 bits per heavy atom. The minimum Gasteiger partial charge on any atom is -0.478 e. The van der Waals surface area contributed by atoms with E-state index >= 15 is 0 Å². The Kier molecular flexibility index (Phi) is 2.67. The summed E-state index contributed by atoms with van der Waals surface area (Å²) >= 11 is 1.32. The smallest absolute Gasteiger partial charge is 0.215 e. The summed E-state index contributed by atoms with van der Waals surface area (Å²) in [5.74, 6) is 1.33. The summed E-state index contributed by atoms with van der Waals surface area (Å²) in [5.41, 5.74) is 2.38. The van der Waals surface area contributed by atoms with Crippen molar-refractivity contribution in [3.05, 3.63) is 17.8 Å². The molecule has 0 radical (unpaired) electrons. The Hall–Kier alpha value is -2.02. The zero-order valence-electron chi connectivity index (χ0n) is 9.97. The van der Waals surface area contributed by atoms with Gasteiger partial charge in [0.2, 0.25) is 5.88 Å². The number of aromatic nitrogens is 5. The molecule has 0 unspecified atom stereocenters. The maximum atomic E-state index is 5.35. The first-order valence-corrected chi connectivity index (χ1v) is 6.34. The second-order valence-electron chi connectivity index (χ2n) is 3.73. The summed E-state index contributed by atoms with van der Waals surface area (Å²) in [6, 6.07) is 3.74. The van der Waals surface area contributed by atoms with Crippen LogP contribution in [0.25, 0.3) is 21.9 Å². The maximum Gasteiger partial charge on any atom is 0.215 e. The molecule has 1 N–H and O–H groups in total. The third-order valence-corrected chi connectivity index (χ3v) is 3.31. The van der Waals surface area contributed by atoms with Gasteiger partial charge in [-0.25, -0.2) is 4.98 Å². The topological polar surface area (TPSA) is 76.6 Å². The van der Waals surface area contributed by atoms with Gasteiger partial charge < -0.3 is 9.72 Å². The summed E-state index contributed by atoms with van der Waals surface area (Å²) < 4.78 is 9.25. The fourth-order valence-electron chi connectivity index (χ4n) is 1.66. The first-order chi connectivity index (χ1) is 8.78. The number of rotatable bonds is 3. The number of fused-ring (bicyclic) bond motifs is 1. The highest BCUT2D eigenvalue weighted by molar-refractivity contribution is 7.09. The average molecular weight is 261 g/mol. The van der Waals surface area contributed by atoms with Crippen molar-refractivity contribution in [2.75, 3.05) is 6.61 Å². The Morgan fingerprint density at radius 3 is 2.94 bits per heavy atom. The molecule has 0 saturated heterocycles. The van der Waals surface area contributed by atoms with Crippen LogP contribution in [0.5, 0.6) is 5.88 Å². The van der Waals surface area contributed by atoms with Crippen molar-refractivity contribution in [1.29, 1.82) is 0 Å². The lowest BCUT2D eigenvalue weighted by atomic mass is 10.4. The number of nitrogens with zero attached hydrogens (tertiary/aromatic N) is 4. The van der Waals surface area contributed by atoms with E-state index in [1.54, 1.807) is 0 Å². The molecule has 0 aliphatic heterocycles. The molecule has 3 aromatic rings. The number of imidazole rings is 1. The van der Waals surface area contributed by atoms with Crippen LogP contribution in [0.1, 0.15) is 12.6 Å². The highest BCUT2D eigenvalue weighted by atomic mass is 32.1. The summed E-state index contributed by atoms with van der Waals surface area (Å²) in [5, 5.41) is 3.97. The van der Waals surface area contributed by atoms with Crippen molar-refractivity contribution in [1.82, 2.24) is 24.5 Å². The van der Waals surface area contributed by atoms with E-state index in [4.69, 9.17) is 4.74 Å². The Morgan fingerprint density at radius 2 is 2.22 bits per heavy atom. The standard InChI is InChI=1S/C11H11N5OS/c1-3-17-8-5-4-7-10(13-8)14-11(12-7)9-6(2)15-16-18-9/h4-5H,3H2,1-2H3,(H,12,13,14). The lowest BCUT2D eigenvalue weighted by Gasteiger charge is -1.99. The van der Waals surface area contributed by atoms with Crippen LogP contribution in [0.4, 0.5) is 0 Å². The molecule has 0 aliphatic carbocycles. The molecule has 0 aliphatic rings. The van der Waals surface area contributed by atoms with Crippen LogP contribution in [0.15, 0.2) is 12.1 Å². The minimum absolute atomic E-state index is 0.585. The molecule has 7 heteroatoms. The van der Waals surface area contributed by atoms with E-state index in [0.29, 0.717) is 18.1 Å². The second-order valence-corrected chi connectivity index (χ2v) is 4.48.